The molecule has 0 saturated heterocycles. The number of nitrogens with zero attached hydrogens (tertiary/aromatic N) is 4. The van der Waals surface area contributed by atoms with Crippen LogP contribution in [-0.4, -0.2) is 43.0 Å². The number of allylic oxidation sites excluding steroid dienone is 2. The lowest BCUT2D eigenvalue weighted by molar-refractivity contribution is -0.274. The maximum Gasteiger partial charge on any atom is 0.573 e. The zero-order chi connectivity index (χ0) is 27.5. The Labute approximate surface area is 210 Å². The van der Waals surface area contributed by atoms with Crippen molar-refractivity contribution in [3.05, 3.63) is 71.1 Å². The van der Waals surface area contributed by atoms with Crippen LogP contribution in [0.3, 0.4) is 0 Å². The zero-order valence-corrected chi connectivity index (χ0v) is 20.8. The molecular weight excluding hydrogens is 502 g/mol. The first-order valence-corrected chi connectivity index (χ1v) is 11.1. The largest absolute Gasteiger partial charge is 0.573 e. The lowest BCUT2D eigenvalue weighted by atomic mass is 10.0. The first-order chi connectivity index (χ1) is 17.3. The molecule has 200 valence electrons. The summed E-state index contributed by atoms with van der Waals surface area (Å²) in [5.74, 6) is 0.217. The van der Waals surface area contributed by atoms with Crippen molar-refractivity contribution in [2.75, 3.05) is 25.7 Å². The van der Waals surface area contributed by atoms with Crippen LogP contribution in [0.5, 0.6) is 5.75 Å². The van der Waals surface area contributed by atoms with Gasteiger partial charge in [0.2, 0.25) is 5.90 Å². The van der Waals surface area contributed by atoms with Crippen LogP contribution in [0.15, 0.2) is 59.4 Å². The van der Waals surface area contributed by atoms with Gasteiger partial charge in [-0.25, -0.2) is 4.98 Å². The number of aryl methyl sites for hydroxylation is 1. The lowest BCUT2D eigenvalue weighted by Gasteiger charge is -2.44. The number of benzene rings is 1. The number of methoxy groups -OCH3 is 1. The van der Waals surface area contributed by atoms with Gasteiger partial charge in [-0.15, -0.1) is 13.2 Å². The molecule has 1 unspecified atom stereocenters. The summed E-state index contributed by atoms with van der Waals surface area (Å²) in [5, 5.41) is 0. The number of ether oxygens (including phenoxy) is 2. The maximum atomic E-state index is 13.5. The molecule has 37 heavy (non-hydrogen) atoms. The van der Waals surface area contributed by atoms with E-state index in [0.717, 1.165) is 18.3 Å². The van der Waals surface area contributed by atoms with Gasteiger partial charge in [0, 0.05) is 36.3 Å². The molecule has 0 saturated carbocycles. The number of hydrogen-bond donors (Lipinski definition) is 0. The molecule has 0 N–H and O–H groups in total. The summed E-state index contributed by atoms with van der Waals surface area (Å²) in [6.07, 6.45) is -3.57. The minimum Gasteiger partial charge on any atom is -0.481 e. The molecule has 0 amide bonds. The van der Waals surface area contributed by atoms with Gasteiger partial charge in [-0.3, -0.25) is 4.99 Å². The fourth-order valence-corrected chi connectivity index (χ4v) is 4.04. The molecule has 1 atom stereocenters. The maximum absolute atomic E-state index is 13.5. The number of pyridine rings is 1. The van der Waals surface area contributed by atoms with Crippen molar-refractivity contribution in [1.82, 2.24) is 9.88 Å². The van der Waals surface area contributed by atoms with E-state index in [-0.39, 0.29) is 12.5 Å². The van der Waals surface area contributed by atoms with Crippen molar-refractivity contribution < 1.29 is 35.8 Å². The topological polar surface area (TPSA) is 50.2 Å². The van der Waals surface area contributed by atoms with Crippen LogP contribution >= 0.6 is 0 Å². The molecule has 0 radical (unpaired) electrons. The van der Waals surface area contributed by atoms with E-state index in [1.807, 2.05) is 4.90 Å². The molecule has 1 aliphatic heterocycles. The summed E-state index contributed by atoms with van der Waals surface area (Å²) in [4.78, 5) is 11.6. The van der Waals surface area contributed by atoms with E-state index in [1.165, 1.54) is 19.2 Å². The molecule has 1 aliphatic rings. The quantitative estimate of drug-likeness (QED) is 0.183. The first kappa shape index (κ1) is 27.9. The number of hydrogen-bond acceptors (Lipinski definition) is 6. The molecule has 6 nitrogen and oxygen atoms in total. The van der Waals surface area contributed by atoms with Crippen molar-refractivity contribution in [2.45, 2.75) is 39.4 Å². The molecule has 1 aromatic heterocycles. The second kappa shape index (κ2) is 10.7. The molecule has 0 spiro atoms. The highest BCUT2D eigenvalue weighted by Gasteiger charge is 2.37. The molecular formula is C25H26F6N4O2. The number of fused-ring (bicyclic) bond motifs is 1. The van der Waals surface area contributed by atoms with E-state index in [1.54, 1.807) is 50.9 Å². The molecule has 0 bridgehead atoms. The summed E-state index contributed by atoms with van der Waals surface area (Å²) in [7, 11) is 3.02. The zero-order valence-electron chi connectivity index (χ0n) is 20.8. The highest BCUT2D eigenvalue weighted by molar-refractivity contribution is 5.87. The van der Waals surface area contributed by atoms with Crippen molar-refractivity contribution in [3.63, 3.8) is 0 Å². The second-order valence-corrected chi connectivity index (χ2v) is 8.16. The van der Waals surface area contributed by atoms with Crippen molar-refractivity contribution in [2.24, 2.45) is 4.99 Å². The Balaban J connectivity index is 2.13. The van der Waals surface area contributed by atoms with Crippen LogP contribution in [-0.2, 0) is 10.9 Å². The number of alkyl halides is 6. The summed E-state index contributed by atoms with van der Waals surface area (Å²) >= 11 is 0. The number of aliphatic imine (C=N–C) groups is 1. The van der Waals surface area contributed by atoms with Gasteiger partial charge in [-0.05, 0) is 56.7 Å². The minimum absolute atomic E-state index is 0.155. The van der Waals surface area contributed by atoms with E-state index in [2.05, 4.69) is 14.7 Å². The van der Waals surface area contributed by atoms with Gasteiger partial charge in [0.05, 0.1) is 25.4 Å². The predicted molar refractivity (Wildman–Crippen MR) is 128 cm³/mol. The molecule has 0 aliphatic carbocycles. The molecule has 12 heteroatoms. The van der Waals surface area contributed by atoms with Crippen LogP contribution in [0.4, 0.5) is 37.8 Å². The fourth-order valence-electron chi connectivity index (χ4n) is 4.04. The van der Waals surface area contributed by atoms with E-state index < -0.39 is 29.9 Å². The Bertz CT molecular complexity index is 1220. The van der Waals surface area contributed by atoms with Crippen LogP contribution in [0.25, 0.3) is 0 Å². The van der Waals surface area contributed by atoms with Gasteiger partial charge in [-0.1, -0.05) is 6.08 Å². The Morgan fingerprint density at radius 2 is 1.84 bits per heavy atom. The van der Waals surface area contributed by atoms with E-state index in [9.17, 15) is 26.3 Å². The molecule has 2 aromatic rings. The van der Waals surface area contributed by atoms with Gasteiger partial charge in [0.15, 0.2) is 0 Å². The predicted octanol–water partition coefficient (Wildman–Crippen LogP) is 6.91. The monoisotopic (exact) mass is 528 g/mol. The van der Waals surface area contributed by atoms with E-state index in [0.29, 0.717) is 28.4 Å². The number of rotatable bonds is 5. The highest BCUT2D eigenvalue weighted by Crippen LogP contribution is 2.43. The molecule has 3 rings (SSSR count). The minimum atomic E-state index is -4.86. The van der Waals surface area contributed by atoms with E-state index >= 15 is 0 Å². The van der Waals surface area contributed by atoms with Crippen LogP contribution in [0.2, 0.25) is 0 Å². The van der Waals surface area contributed by atoms with Crippen molar-refractivity contribution in [1.29, 1.82) is 0 Å². The first-order valence-electron chi connectivity index (χ1n) is 11.1. The van der Waals surface area contributed by atoms with Crippen LogP contribution in [0, 0.1) is 6.92 Å². The Kier molecular flexibility index (Phi) is 8.09. The third kappa shape index (κ3) is 6.36. The Hall–Kier alpha value is -3.70. The van der Waals surface area contributed by atoms with Crippen molar-refractivity contribution >= 4 is 17.4 Å². The Morgan fingerprint density at radius 3 is 2.38 bits per heavy atom. The van der Waals surface area contributed by atoms with Crippen LogP contribution in [0.1, 0.15) is 36.6 Å². The van der Waals surface area contributed by atoms with E-state index in [4.69, 9.17) is 4.74 Å². The number of halogens is 6. The summed E-state index contributed by atoms with van der Waals surface area (Å²) < 4.78 is 87.8. The number of anilines is 2. The lowest BCUT2D eigenvalue weighted by Crippen LogP contribution is -2.42. The normalized spacial score (nSPS) is 17.3. The second-order valence-electron chi connectivity index (χ2n) is 8.16. The number of aromatic nitrogens is 1. The summed E-state index contributed by atoms with van der Waals surface area (Å²) in [5.41, 5.74) is 0.949. The third-order valence-corrected chi connectivity index (χ3v) is 5.84. The fraction of sp³-hybridized carbons (Fsp3) is 0.360. The van der Waals surface area contributed by atoms with Gasteiger partial charge in [0.1, 0.15) is 11.6 Å². The van der Waals surface area contributed by atoms with Gasteiger partial charge >= 0.3 is 12.5 Å². The van der Waals surface area contributed by atoms with Crippen molar-refractivity contribution in [3.8, 4) is 5.75 Å². The molecule has 0 fully saturated rings. The standard InChI is InChI=1S/C25H26F6N4O2/c1-6-18(7-10-22(32-4)36-5)34-14-35(21-9-8-19(11-15(21)2)37-25(29,30)31)23-20(16(34)3)12-17(13-33-23)24(26,27)28/h6-13,16H,14H2,1-5H3/b10-7-,18-6-,32-22?. The molecule has 2 heterocycles. The highest BCUT2D eigenvalue weighted by atomic mass is 19.4. The Morgan fingerprint density at radius 1 is 1.14 bits per heavy atom. The third-order valence-electron chi connectivity index (χ3n) is 5.84. The van der Waals surface area contributed by atoms with Crippen LogP contribution < -0.4 is 9.64 Å². The van der Waals surface area contributed by atoms with Gasteiger partial charge in [0.25, 0.3) is 0 Å². The SMILES string of the molecule is C/C=C(/C=C\C(=NC)OC)N1CN(c2ccc(OC(F)(F)F)cc2C)c2ncc(C(F)(F)F)cc2C1C. The summed E-state index contributed by atoms with van der Waals surface area (Å²) in [6.45, 7) is 5.28. The van der Waals surface area contributed by atoms with Gasteiger partial charge in [-0.2, -0.15) is 13.2 Å². The average molecular weight is 528 g/mol. The smallest absolute Gasteiger partial charge is 0.481 e. The van der Waals surface area contributed by atoms with Gasteiger partial charge < -0.3 is 19.3 Å². The molecule has 1 aromatic carbocycles. The summed E-state index contributed by atoms with van der Waals surface area (Å²) in [6, 6.07) is 4.32. The average Bonchev–Trinajstić information content (AvgIpc) is 2.81.